The molecule has 0 N–H and O–H groups in total. The van der Waals surface area contributed by atoms with Gasteiger partial charge in [-0.05, 0) is 43.7 Å². The highest BCUT2D eigenvalue weighted by molar-refractivity contribution is 6.53. The number of hydrogen-bond donors (Lipinski definition) is 0. The predicted molar refractivity (Wildman–Crippen MR) is 110 cm³/mol. The lowest BCUT2D eigenvalue weighted by atomic mass is 10.2. The van der Waals surface area contributed by atoms with Crippen molar-refractivity contribution in [3.8, 4) is 5.75 Å². The van der Waals surface area contributed by atoms with E-state index in [0.29, 0.717) is 22.0 Å². The molecule has 9 heteroatoms. The highest BCUT2D eigenvalue weighted by atomic mass is 19.1. The maximum atomic E-state index is 13.4. The number of carbonyl (C=O) groups is 4. The number of anilines is 1. The van der Waals surface area contributed by atoms with E-state index in [-0.39, 0.29) is 24.5 Å². The van der Waals surface area contributed by atoms with Gasteiger partial charge in [-0.25, -0.2) is 19.0 Å². The van der Waals surface area contributed by atoms with Crippen molar-refractivity contribution in [2.75, 3.05) is 24.6 Å². The zero-order valence-corrected chi connectivity index (χ0v) is 17.2. The van der Waals surface area contributed by atoms with Gasteiger partial charge in [0.25, 0.3) is 0 Å². The third-order valence-corrected chi connectivity index (χ3v) is 4.75. The summed E-state index contributed by atoms with van der Waals surface area (Å²) in [6, 6.07) is 11.2. The number of rotatable bonds is 8. The van der Waals surface area contributed by atoms with Crippen LogP contribution in [0, 0.1) is 5.82 Å². The van der Waals surface area contributed by atoms with Crippen LogP contribution < -0.4 is 9.64 Å². The fourth-order valence-corrected chi connectivity index (χ4v) is 3.24. The largest absolute Gasteiger partial charge is 0.492 e. The average molecular weight is 427 g/mol. The molecule has 8 nitrogen and oxygen atoms in total. The number of likely N-dealkylation sites (N-methyl/N-ethyl adjacent to an activating group) is 1. The molecule has 0 atom stereocenters. The molecule has 0 bridgehead atoms. The second-order valence-electron chi connectivity index (χ2n) is 6.75. The molecule has 1 aliphatic heterocycles. The monoisotopic (exact) mass is 427 g/mol. The maximum absolute atomic E-state index is 13.4. The van der Waals surface area contributed by atoms with Crippen LogP contribution in [-0.2, 0) is 20.9 Å². The van der Waals surface area contributed by atoms with E-state index in [1.54, 1.807) is 38.1 Å². The normalized spacial score (nSPS) is 13.7. The number of imide groups is 2. The van der Waals surface area contributed by atoms with Gasteiger partial charge in [-0.3, -0.25) is 14.4 Å². The molecule has 1 saturated heterocycles. The second-order valence-corrected chi connectivity index (χ2v) is 6.75. The van der Waals surface area contributed by atoms with E-state index < -0.39 is 36.1 Å². The standard InChI is InChI=1S/C22H22FN3O5/c1-3-24(13-15-8-7-9-16(23)12-15)19(27)14-25-20(28)21(29)26(22(25)30)17-10-5-6-11-18(17)31-4-2/h5-12H,3-4,13-14H2,1-2H3. The molecule has 31 heavy (non-hydrogen) atoms. The number of carbonyl (C=O) groups excluding carboxylic acids is 4. The molecule has 1 fully saturated rings. The molecule has 1 heterocycles. The van der Waals surface area contributed by atoms with Crippen molar-refractivity contribution >= 4 is 29.4 Å². The minimum Gasteiger partial charge on any atom is -0.492 e. The molecule has 0 radical (unpaired) electrons. The number of amides is 5. The topological polar surface area (TPSA) is 87.2 Å². The molecule has 0 aliphatic carbocycles. The molecular formula is C22H22FN3O5. The molecule has 2 aromatic carbocycles. The first-order valence-electron chi connectivity index (χ1n) is 9.81. The number of hydrogen-bond acceptors (Lipinski definition) is 5. The van der Waals surface area contributed by atoms with Crippen molar-refractivity contribution in [1.82, 2.24) is 9.80 Å². The average Bonchev–Trinajstić information content (AvgIpc) is 2.96. The lowest BCUT2D eigenvalue weighted by Gasteiger charge is -2.23. The minimum absolute atomic E-state index is 0.105. The molecule has 162 valence electrons. The summed E-state index contributed by atoms with van der Waals surface area (Å²) in [6.07, 6.45) is 0. The Labute approximate surface area is 178 Å². The molecule has 1 aliphatic rings. The van der Waals surface area contributed by atoms with Crippen molar-refractivity contribution in [3.63, 3.8) is 0 Å². The summed E-state index contributed by atoms with van der Waals surface area (Å²) in [6.45, 7) is 3.55. The summed E-state index contributed by atoms with van der Waals surface area (Å²) in [5.41, 5.74) is 0.701. The van der Waals surface area contributed by atoms with Crippen LogP contribution in [0.25, 0.3) is 0 Å². The van der Waals surface area contributed by atoms with E-state index >= 15 is 0 Å². The number of ether oxygens (including phenoxy) is 1. The number of halogens is 1. The number of nitrogens with zero attached hydrogens (tertiary/aromatic N) is 3. The van der Waals surface area contributed by atoms with Gasteiger partial charge in [0, 0.05) is 13.1 Å². The predicted octanol–water partition coefficient (Wildman–Crippen LogP) is 2.57. The van der Waals surface area contributed by atoms with Crippen molar-refractivity contribution in [3.05, 3.63) is 59.9 Å². The van der Waals surface area contributed by atoms with Gasteiger partial charge in [0.2, 0.25) is 5.91 Å². The maximum Gasteiger partial charge on any atom is 0.339 e. The summed E-state index contributed by atoms with van der Waals surface area (Å²) in [4.78, 5) is 53.3. The summed E-state index contributed by atoms with van der Waals surface area (Å²) >= 11 is 0. The Morgan fingerprint density at radius 3 is 2.45 bits per heavy atom. The van der Waals surface area contributed by atoms with Gasteiger partial charge < -0.3 is 9.64 Å². The first-order chi connectivity index (χ1) is 14.9. The third kappa shape index (κ3) is 4.55. The van der Waals surface area contributed by atoms with Gasteiger partial charge in [-0.15, -0.1) is 0 Å². The van der Waals surface area contributed by atoms with Crippen molar-refractivity contribution in [2.24, 2.45) is 0 Å². The second kappa shape index (κ2) is 9.38. The Balaban J connectivity index is 1.78. The van der Waals surface area contributed by atoms with Gasteiger partial charge in [0.15, 0.2) is 0 Å². The molecular weight excluding hydrogens is 405 g/mol. The lowest BCUT2D eigenvalue weighted by Crippen LogP contribution is -2.43. The van der Waals surface area contributed by atoms with Crippen LogP contribution in [0.5, 0.6) is 5.75 Å². The third-order valence-electron chi connectivity index (χ3n) is 4.75. The first kappa shape index (κ1) is 21.9. The summed E-state index contributed by atoms with van der Waals surface area (Å²) < 4.78 is 18.9. The molecule has 5 amide bonds. The van der Waals surface area contributed by atoms with Crippen LogP contribution in [0.15, 0.2) is 48.5 Å². The van der Waals surface area contributed by atoms with E-state index in [0.717, 1.165) is 0 Å². The number of para-hydroxylation sites is 2. The molecule has 0 unspecified atom stereocenters. The zero-order chi connectivity index (χ0) is 22.5. The highest BCUT2D eigenvalue weighted by Gasteiger charge is 2.47. The fourth-order valence-electron chi connectivity index (χ4n) is 3.24. The Morgan fingerprint density at radius 1 is 1.03 bits per heavy atom. The van der Waals surface area contributed by atoms with Gasteiger partial charge in [-0.2, -0.15) is 0 Å². The van der Waals surface area contributed by atoms with Crippen LogP contribution in [-0.4, -0.2) is 53.2 Å². The highest BCUT2D eigenvalue weighted by Crippen LogP contribution is 2.31. The molecule has 0 spiro atoms. The SMILES string of the molecule is CCOc1ccccc1N1C(=O)C(=O)N(CC(=O)N(CC)Cc2cccc(F)c2)C1=O. The molecule has 2 aromatic rings. The van der Waals surface area contributed by atoms with Crippen LogP contribution in [0.4, 0.5) is 14.9 Å². The Hall–Kier alpha value is -3.75. The fraction of sp³-hybridized carbons (Fsp3) is 0.273. The van der Waals surface area contributed by atoms with E-state index in [4.69, 9.17) is 4.74 Å². The van der Waals surface area contributed by atoms with Crippen LogP contribution in [0.3, 0.4) is 0 Å². The molecule has 0 saturated carbocycles. The van der Waals surface area contributed by atoms with Crippen molar-refractivity contribution < 1.29 is 28.3 Å². The van der Waals surface area contributed by atoms with E-state index in [9.17, 15) is 23.6 Å². The van der Waals surface area contributed by atoms with Crippen LogP contribution in [0.1, 0.15) is 19.4 Å². The Morgan fingerprint density at radius 2 is 1.77 bits per heavy atom. The minimum atomic E-state index is -1.09. The van der Waals surface area contributed by atoms with Crippen LogP contribution >= 0.6 is 0 Å². The lowest BCUT2D eigenvalue weighted by molar-refractivity contribution is -0.142. The van der Waals surface area contributed by atoms with Crippen molar-refractivity contribution in [1.29, 1.82) is 0 Å². The van der Waals surface area contributed by atoms with Gasteiger partial charge in [0.1, 0.15) is 18.1 Å². The zero-order valence-electron chi connectivity index (χ0n) is 17.2. The van der Waals surface area contributed by atoms with Crippen molar-refractivity contribution in [2.45, 2.75) is 20.4 Å². The summed E-state index contributed by atoms with van der Waals surface area (Å²) in [5, 5.41) is 0. The quantitative estimate of drug-likeness (QED) is 0.477. The smallest absolute Gasteiger partial charge is 0.339 e. The first-order valence-corrected chi connectivity index (χ1v) is 9.81. The van der Waals surface area contributed by atoms with E-state index in [2.05, 4.69) is 0 Å². The van der Waals surface area contributed by atoms with Gasteiger partial charge in [-0.1, -0.05) is 24.3 Å². The van der Waals surface area contributed by atoms with Gasteiger partial charge >= 0.3 is 17.8 Å². The summed E-state index contributed by atoms with van der Waals surface area (Å²) in [5.74, 6) is -2.85. The Kier molecular flexibility index (Phi) is 6.64. The van der Waals surface area contributed by atoms with E-state index in [1.807, 2.05) is 0 Å². The number of benzene rings is 2. The Bertz CT molecular complexity index is 1030. The molecule has 3 rings (SSSR count). The van der Waals surface area contributed by atoms with E-state index in [1.165, 1.54) is 29.2 Å². The molecule has 0 aromatic heterocycles. The number of urea groups is 1. The summed E-state index contributed by atoms with van der Waals surface area (Å²) in [7, 11) is 0. The van der Waals surface area contributed by atoms with Gasteiger partial charge in [0.05, 0.1) is 12.3 Å². The van der Waals surface area contributed by atoms with Crippen LogP contribution in [0.2, 0.25) is 0 Å².